The summed E-state index contributed by atoms with van der Waals surface area (Å²) in [6, 6.07) is 7.49. The molecule has 3 aliphatic rings. The predicted molar refractivity (Wildman–Crippen MR) is 95.2 cm³/mol. The van der Waals surface area contributed by atoms with Crippen LogP contribution in [0.25, 0.3) is 0 Å². The summed E-state index contributed by atoms with van der Waals surface area (Å²) in [5.41, 5.74) is 3.23. The Labute approximate surface area is 153 Å². The molecule has 1 aromatic rings. The van der Waals surface area contributed by atoms with Crippen molar-refractivity contribution < 1.29 is 19.1 Å². The molecule has 2 heterocycles. The minimum Gasteiger partial charge on any atom is -0.472 e. The number of aryl methyl sites for hydroxylation is 1. The van der Waals surface area contributed by atoms with Gasteiger partial charge in [0.1, 0.15) is 0 Å². The molecule has 0 bridgehead atoms. The van der Waals surface area contributed by atoms with Crippen molar-refractivity contribution in [3.05, 3.63) is 57.3 Å². The van der Waals surface area contributed by atoms with Gasteiger partial charge in [-0.3, -0.25) is 10.1 Å². The third-order valence-corrected chi connectivity index (χ3v) is 6.06. The highest BCUT2D eigenvalue weighted by Crippen LogP contribution is 2.52. The maximum atomic E-state index is 11.9. The minimum absolute atomic E-state index is 0.0683. The lowest BCUT2D eigenvalue weighted by Crippen LogP contribution is -2.54. The molecule has 6 unspecified atom stereocenters. The van der Waals surface area contributed by atoms with Gasteiger partial charge in [0.05, 0.1) is 31.3 Å². The van der Waals surface area contributed by atoms with Crippen LogP contribution in [0.5, 0.6) is 0 Å². The van der Waals surface area contributed by atoms with E-state index in [2.05, 4.69) is 0 Å². The average Bonchev–Trinajstić information content (AvgIpc) is 2.64. The number of hydrogen-bond donors (Lipinski definition) is 0. The highest BCUT2D eigenvalue weighted by atomic mass is 16.7. The van der Waals surface area contributed by atoms with Crippen LogP contribution in [0.1, 0.15) is 30.4 Å². The standard InChI is InChI=1S/C20H25NO5/c1-3-25-20-16-11-24-10-15-18(16)14(9-26-20)8-17(21(22)23)19(15)13-6-4-12(2)5-7-13/h4-7,9,15-20H,3,8,10-11H2,1-2H3. The summed E-state index contributed by atoms with van der Waals surface area (Å²) < 4.78 is 17.4. The summed E-state index contributed by atoms with van der Waals surface area (Å²) in [5.74, 6) is 0.223. The fourth-order valence-corrected chi connectivity index (χ4v) is 4.95. The number of rotatable bonds is 4. The van der Waals surface area contributed by atoms with Gasteiger partial charge in [0.2, 0.25) is 12.3 Å². The van der Waals surface area contributed by atoms with E-state index in [0.29, 0.717) is 26.2 Å². The zero-order chi connectivity index (χ0) is 18.3. The second-order valence-electron chi connectivity index (χ2n) is 7.54. The molecule has 1 aliphatic carbocycles. The second-order valence-corrected chi connectivity index (χ2v) is 7.54. The van der Waals surface area contributed by atoms with E-state index >= 15 is 0 Å². The average molecular weight is 359 g/mol. The first-order valence-electron chi connectivity index (χ1n) is 9.34. The van der Waals surface area contributed by atoms with Gasteiger partial charge in [-0.25, -0.2) is 0 Å². The van der Waals surface area contributed by atoms with E-state index in [4.69, 9.17) is 14.2 Å². The molecule has 6 heteroatoms. The van der Waals surface area contributed by atoms with Gasteiger partial charge in [-0.2, -0.15) is 0 Å². The summed E-state index contributed by atoms with van der Waals surface area (Å²) in [6.07, 6.45) is 1.83. The monoisotopic (exact) mass is 359 g/mol. The summed E-state index contributed by atoms with van der Waals surface area (Å²) in [6.45, 7) is 5.66. The molecule has 2 aliphatic heterocycles. The summed E-state index contributed by atoms with van der Waals surface area (Å²) >= 11 is 0. The topological polar surface area (TPSA) is 70.8 Å². The lowest BCUT2D eigenvalue weighted by Gasteiger charge is -2.50. The SMILES string of the molecule is CCOC1OC=C2CC([N+](=O)[O-])C(c3ccc(C)cc3)C3COCC1C23. The van der Waals surface area contributed by atoms with E-state index in [9.17, 15) is 10.1 Å². The van der Waals surface area contributed by atoms with Crippen LogP contribution in [0.2, 0.25) is 0 Å². The summed E-state index contributed by atoms with van der Waals surface area (Å²) in [7, 11) is 0. The molecule has 4 rings (SSSR count). The van der Waals surface area contributed by atoms with Crippen molar-refractivity contribution in [3.8, 4) is 0 Å². The van der Waals surface area contributed by atoms with Crippen LogP contribution in [0.4, 0.5) is 0 Å². The quantitative estimate of drug-likeness (QED) is 0.609. The number of nitrogens with zero attached hydrogens (tertiary/aromatic N) is 1. The molecule has 0 radical (unpaired) electrons. The van der Waals surface area contributed by atoms with Gasteiger partial charge >= 0.3 is 0 Å². The molecule has 1 aromatic carbocycles. The van der Waals surface area contributed by atoms with E-state index in [1.807, 2.05) is 38.1 Å². The normalized spacial score (nSPS) is 35.8. The van der Waals surface area contributed by atoms with Gasteiger partial charge in [-0.1, -0.05) is 29.8 Å². The highest BCUT2D eigenvalue weighted by Gasteiger charge is 2.55. The largest absolute Gasteiger partial charge is 0.472 e. The van der Waals surface area contributed by atoms with Crippen molar-refractivity contribution in [3.63, 3.8) is 0 Å². The van der Waals surface area contributed by atoms with Gasteiger partial charge in [-0.15, -0.1) is 0 Å². The number of ether oxygens (including phenoxy) is 3. The molecule has 1 saturated carbocycles. The first-order chi connectivity index (χ1) is 12.6. The Morgan fingerprint density at radius 1 is 1.19 bits per heavy atom. The van der Waals surface area contributed by atoms with E-state index in [1.165, 1.54) is 0 Å². The lowest BCUT2D eigenvalue weighted by atomic mass is 9.60. The summed E-state index contributed by atoms with van der Waals surface area (Å²) in [5, 5.41) is 11.9. The fourth-order valence-electron chi connectivity index (χ4n) is 4.95. The van der Waals surface area contributed by atoms with Crippen molar-refractivity contribution in [2.24, 2.45) is 17.8 Å². The maximum absolute atomic E-state index is 11.9. The molecule has 0 aromatic heterocycles. The Bertz CT molecular complexity index is 701. The Kier molecular flexibility index (Phi) is 4.71. The van der Waals surface area contributed by atoms with Crippen LogP contribution >= 0.6 is 0 Å². The van der Waals surface area contributed by atoms with Crippen LogP contribution < -0.4 is 0 Å². The van der Waals surface area contributed by atoms with Crippen LogP contribution in [-0.2, 0) is 14.2 Å². The molecule has 140 valence electrons. The van der Waals surface area contributed by atoms with Crippen molar-refractivity contribution in [1.82, 2.24) is 0 Å². The van der Waals surface area contributed by atoms with E-state index < -0.39 is 6.04 Å². The Morgan fingerprint density at radius 2 is 1.92 bits per heavy atom. The first kappa shape index (κ1) is 17.5. The highest BCUT2D eigenvalue weighted by molar-refractivity contribution is 5.31. The minimum atomic E-state index is -0.653. The molecule has 0 amide bonds. The van der Waals surface area contributed by atoms with E-state index in [-0.39, 0.29) is 34.9 Å². The van der Waals surface area contributed by atoms with Crippen LogP contribution in [-0.4, -0.2) is 37.1 Å². The third kappa shape index (κ3) is 2.91. The Balaban J connectivity index is 1.74. The molecule has 2 fully saturated rings. The van der Waals surface area contributed by atoms with Crippen molar-refractivity contribution in [2.45, 2.75) is 38.5 Å². The number of benzene rings is 1. The smallest absolute Gasteiger partial charge is 0.224 e. The molecule has 6 nitrogen and oxygen atoms in total. The fraction of sp³-hybridized carbons (Fsp3) is 0.600. The van der Waals surface area contributed by atoms with E-state index in [1.54, 1.807) is 6.26 Å². The molecule has 1 saturated heterocycles. The van der Waals surface area contributed by atoms with E-state index in [0.717, 1.165) is 16.7 Å². The zero-order valence-corrected chi connectivity index (χ0v) is 15.2. The number of nitro groups is 1. The van der Waals surface area contributed by atoms with Gasteiger partial charge in [0.25, 0.3) is 0 Å². The molecule has 6 atom stereocenters. The van der Waals surface area contributed by atoms with Gasteiger partial charge in [0.15, 0.2) is 0 Å². The lowest BCUT2D eigenvalue weighted by molar-refractivity contribution is -0.531. The van der Waals surface area contributed by atoms with Crippen LogP contribution in [0.3, 0.4) is 0 Å². The van der Waals surface area contributed by atoms with Crippen LogP contribution in [0, 0.1) is 34.8 Å². The Morgan fingerprint density at radius 3 is 2.62 bits per heavy atom. The van der Waals surface area contributed by atoms with Gasteiger partial charge in [0, 0.05) is 29.8 Å². The maximum Gasteiger partial charge on any atom is 0.224 e. The molecular formula is C20H25NO5. The molecule has 0 N–H and O–H groups in total. The molecule has 0 spiro atoms. The first-order valence-corrected chi connectivity index (χ1v) is 9.34. The van der Waals surface area contributed by atoms with Crippen molar-refractivity contribution in [2.75, 3.05) is 19.8 Å². The molecule has 26 heavy (non-hydrogen) atoms. The van der Waals surface area contributed by atoms with Gasteiger partial charge in [-0.05, 0) is 25.0 Å². The predicted octanol–water partition coefficient (Wildman–Crippen LogP) is 3.28. The molecular weight excluding hydrogens is 334 g/mol. The zero-order valence-electron chi connectivity index (χ0n) is 15.2. The third-order valence-electron chi connectivity index (χ3n) is 6.06. The van der Waals surface area contributed by atoms with Crippen molar-refractivity contribution >= 4 is 0 Å². The number of hydrogen-bond acceptors (Lipinski definition) is 5. The van der Waals surface area contributed by atoms with Gasteiger partial charge < -0.3 is 14.2 Å². The van der Waals surface area contributed by atoms with Crippen molar-refractivity contribution in [1.29, 1.82) is 0 Å². The van der Waals surface area contributed by atoms with Crippen LogP contribution in [0.15, 0.2) is 36.1 Å². The Hall–Kier alpha value is -1.92. The second kappa shape index (κ2) is 7.00. The summed E-state index contributed by atoms with van der Waals surface area (Å²) in [4.78, 5) is 11.8.